The molecule has 1 aliphatic carbocycles. The smallest absolute Gasteiger partial charge is 0.129 e. The lowest BCUT2D eigenvalue weighted by Gasteiger charge is -2.10. The summed E-state index contributed by atoms with van der Waals surface area (Å²) in [5.41, 5.74) is 0. The number of nitrogens with one attached hydrogen (secondary N) is 1. The molecular weight excluding hydrogens is 174 g/mol. The first-order valence-electron chi connectivity index (χ1n) is 5.44. The highest BCUT2D eigenvalue weighted by atomic mass is 14.9. The summed E-state index contributed by atoms with van der Waals surface area (Å²) < 4.78 is 0. The van der Waals surface area contributed by atoms with Crippen LogP contribution in [0.25, 0.3) is 0 Å². The minimum Gasteiger partial charge on any atom is -0.314 e. The van der Waals surface area contributed by atoms with E-state index >= 15 is 0 Å². The summed E-state index contributed by atoms with van der Waals surface area (Å²) in [4.78, 5) is 8.38. The van der Waals surface area contributed by atoms with Crippen LogP contribution in [0.5, 0.6) is 0 Å². The fourth-order valence-corrected chi connectivity index (χ4v) is 1.98. The van der Waals surface area contributed by atoms with Crippen LogP contribution in [0, 0.1) is 0 Å². The number of hydrogen-bond acceptors (Lipinski definition) is 3. The van der Waals surface area contributed by atoms with Crippen molar-refractivity contribution in [2.45, 2.75) is 38.1 Å². The van der Waals surface area contributed by atoms with Crippen LogP contribution >= 0.6 is 0 Å². The highest BCUT2D eigenvalue weighted by Gasteiger charge is 2.13. The molecule has 1 fully saturated rings. The summed E-state index contributed by atoms with van der Waals surface area (Å²) in [6, 6.07) is 2.60. The zero-order valence-corrected chi connectivity index (χ0v) is 8.45. The SMILES string of the molecule is c1cnc(CCNC2CCCC2)nc1. The second kappa shape index (κ2) is 5.05. The van der Waals surface area contributed by atoms with E-state index < -0.39 is 0 Å². The fraction of sp³-hybridized carbons (Fsp3) is 0.636. The molecule has 1 saturated carbocycles. The predicted octanol–water partition coefficient (Wildman–Crippen LogP) is 1.55. The van der Waals surface area contributed by atoms with Gasteiger partial charge in [0.1, 0.15) is 5.82 Å². The van der Waals surface area contributed by atoms with Crippen molar-refractivity contribution in [3.05, 3.63) is 24.3 Å². The Kier molecular flexibility index (Phi) is 3.46. The third-order valence-electron chi connectivity index (χ3n) is 2.76. The quantitative estimate of drug-likeness (QED) is 0.784. The van der Waals surface area contributed by atoms with E-state index in [1.165, 1.54) is 25.7 Å². The van der Waals surface area contributed by atoms with Gasteiger partial charge in [0.25, 0.3) is 0 Å². The molecule has 0 spiro atoms. The summed E-state index contributed by atoms with van der Waals surface area (Å²) in [5, 5.41) is 3.55. The van der Waals surface area contributed by atoms with E-state index in [0.29, 0.717) is 0 Å². The maximum absolute atomic E-state index is 4.19. The first-order chi connectivity index (χ1) is 6.95. The van der Waals surface area contributed by atoms with Gasteiger partial charge in [0, 0.05) is 31.4 Å². The standard InChI is InChI=1S/C11H17N3/c1-2-5-10(4-1)12-9-6-11-13-7-3-8-14-11/h3,7-8,10,12H,1-2,4-6,9H2. The minimum atomic E-state index is 0.749. The molecule has 0 amide bonds. The van der Waals surface area contributed by atoms with Gasteiger partial charge in [0.15, 0.2) is 0 Å². The van der Waals surface area contributed by atoms with Crippen molar-refractivity contribution in [2.75, 3.05) is 6.54 Å². The largest absolute Gasteiger partial charge is 0.314 e. The average molecular weight is 191 g/mol. The van der Waals surface area contributed by atoms with Gasteiger partial charge in [-0.2, -0.15) is 0 Å². The molecule has 1 aromatic heterocycles. The van der Waals surface area contributed by atoms with Crippen LogP contribution in [0.4, 0.5) is 0 Å². The topological polar surface area (TPSA) is 37.8 Å². The Balaban J connectivity index is 1.67. The molecular formula is C11H17N3. The fourth-order valence-electron chi connectivity index (χ4n) is 1.98. The Hall–Kier alpha value is -0.960. The summed E-state index contributed by atoms with van der Waals surface area (Å²) in [6.45, 7) is 1.01. The van der Waals surface area contributed by atoms with Crippen LogP contribution in [0.1, 0.15) is 31.5 Å². The van der Waals surface area contributed by atoms with Crippen LogP contribution < -0.4 is 5.32 Å². The van der Waals surface area contributed by atoms with Crippen molar-refractivity contribution in [1.82, 2.24) is 15.3 Å². The zero-order chi connectivity index (χ0) is 9.64. The molecule has 1 aliphatic rings. The third kappa shape index (κ3) is 2.77. The summed E-state index contributed by atoms with van der Waals surface area (Å²) >= 11 is 0. The van der Waals surface area contributed by atoms with E-state index in [-0.39, 0.29) is 0 Å². The molecule has 2 rings (SSSR count). The maximum atomic E-state index is 4.19. The van der Waals surface area contributed by atoms with Crippen molar-refractivity contribution in [1.29, 1.82) is 0 Å². The maximum Gasteiger partial charge on any atom is 0.129 e. The molecule has 76 valence electrons. The molecule has 0 bridgehead atoms. The number of aromatic nitrogens is 2. The molecule has 0 unspecified atom stereocenters. The number of hydrogen-bond donors (Lipinski definition) is 1. The van der Waals surface area contributed by atoms with Gasteiger partial charge in [-0.25, -0.2) is 9.97 Å². The van der Waals surface area contributed by atoms with E-state index in [9.17, 15) is 0 Å². The molecule has 0 saturated heterocycles. The first kappa shape index (κ1) is 9.59. The van der Waals surface area contributed by atoms with Crippen molar-refractivity contribution >= 4 is 0 Å². The van der Waals surface area contributed by atoms with Crippen LogP contribution in [-0.4, -0.2) is 22.6 Å². The molecule has 0 aliphatic heterocycles. The lowest BCUT2D eigenvalue weighted by Crippen LogP contribution is -2.28. The molecule has 0 aromatic carbocycles. The minimum absolute atomic E-state index is 0.749. The van der Waals surface area contributed by atoms with Gasteiger partial charge < -0.3 is 5.32 Å². The second-order valence-corrected chi connectivity index (χ2v) is 3.85. The normalized spacial score (nSPS) is 17.4. The summed E-state index contributed by atoms with van der Waals surface area (Å²) in [5.74, 6) is 0.943. The van der Waals surface area contributed by atoms with Crippen molar-refractivity contribution in [3.63, 3.8) is 0 Å². The summed E-state index contributed by atoms with van der Waals surface area (Å²) in [7, 11) is 0. The van der Waals surface area contributed by atoms with Crippen molar-refractivity contribution < 1.29 is 0 Å². The average Bonchev–Trinajstić information content (AvgIpc) is 2.72. The van der Waals surface area contributed by atoms with E-state index in [4.69, 9.17) is 0 Å². The molecule has 1 N–H and O–H groups in total. The van der Waals surface area contributed by atoms with Crippen LogP contribution in [-0.2, 0) is 6.42 Å². The van der Waals surface area contributed by atoms with E-state index in [1.807, 2.05) is 6.07 Å². The highest BCUT2D eigenvalue weighted by Crippen LogP contribution is 2.17. The molecule has 1 heterocycles. The third-order valence-corrected chi connectivity index (χ3v) is 2.76. The Labute approximate surface area is 85.0 Å². The van der Waals surface area contributed by atoms with Gasteiger partial charge in [-0.1, -0.05) is 12.8 Å². The van der Waals surface area contributed by atoms with Crippen LogP contribution in [0.15, 0.2) is 18.5 Å². The van der Waals surface area contributed by atoms with Gasteiger partial charge in [0.2, 0.25) is 0 Å². The van der Waals surface area contributed by atoms with E-state index in [0.717, 1.165) is 24.8 Å². The molecule has 14 heavy (non-hydrogen) atoms. The molecule has 0 atom stereocenters. The number of nitrogens with zero attached hydrogens (tertiary/aromatic N) is 2. The molecule has 3 heteroatoms. The molecule has 1 aromatic rings. The van der Waals surface area contributed by atoms with Gasteiger partial charge in [-0.15, -0.1) is 0 Å². The zero-order valence-electron chi connectivity index (χ0n) is 8.45. The predicted molar refractivity (Wildman–Crippen MR) is 56.0 cm³/mol. The lowest BCUT2D eigenvalue weighted by atomic mass is 10.2. The highest BCUT2D eigenvalue weighted by molar-refractivity contribution is 4.89. The van der Waals surface area contributed by atoms with Crippen LogP contribution in [0.3, 0.4) is 0 Å². The van der Waals surface area contributed by atoms with E-state index in [2.05, 4.69) is 15.3 Å². The van der Waals surface area contributed by atoms with Crippen molar-refractivity contribution in [2.24, 2.45) is 0 Å². The van der Waals surface area contributed by atoms with Crippen molar-refractivity contribution in [3.8, 4) is 0 Å². The Morgan fingerprint density at radius 2 is 1.93 bits per heavy atom. The Bertz CT molecular complexity index is 254. The number of rotatable bonds is 4. The Morgan fingerprint density at radius 3 is 2.64 bits per heavy atom. The monoisotopic (exact) mass is 191 g/mol. The Morgan fingerprint density at radius 1 is 1.21 bits per heavy atom. The van der Waals surface area contributed by atoms with Crippen LogP contribution in [0.2, 0.25) is 0 Å². The lowest BCUT2D eigenvalue weighted by molar-refractivity contribution is 0.523. The molecule has 3 nitrogen and oxygen atoms in total. The van der Waals surface area contributed by atoms with Gasteiger partial charge in [0.05, 0.1) is 0 Å². The first-order valence-corrected chi connectivity index (χ1v) is 5.44. The van der Waals surface area contributed by atoms with Gasteiger partial charge >= 0.3 is 0 Å². The van der Waals surface area contributed by atoms with Gasteiger partial charge in [-0.3, -0.25) is 0 Å². The summed E-state index contributed by atoms with van der Waals surface area (Å²) in [6.07, 6.45) is 10.0. The molecule has 0 radical (unpaired) electrons. The van der Waals surface area contributed by atoms with Gasteiger partial charge in [-0.05, 0) is 18.9 Å². The van der Waals surface area contributed by atoms with E-state index in [1.54, 1.807) is 12.4 Å². The second-order valence-electron chi connectivity index (χ2n) is 3.85.